The molecule has 1 N–H and O–H groups in total. The second kappa shape index (κ2) is 4.99. The van der Waals surface area contributed by atoms with Crippen LogP contribution in [0.3, 0.4) is 0 Å². The van der Waals surface area contributed by atoms with E-state index in [1.165, 1.54) is 0 Å². The van der Waals surface area contributed by atoms with Crippen LogP contribution in [-0.2, 0) is 6.42 Å². The molecule has 2 aromatic rings. The van der Waals surface area contributed by atoms with Gasteiger partial charge in [-0.15, -0.1) is 0 Å². The summed E-state index contributed by atoms with van der Waals surface area (Å²) in [4.78, 5) is 11.8. The number of aromatic nitrogens is 3. The summed E-state index contributed by atoms with van der Waals surface area (Å²) in [5, 5.41) is 0. The Morgan fingerprint density at radius 3 is 2.94 bits per heavy atom. The van der Waals surface area contributed by atoms with Gasteiger partial charge >= 0.3 is 0 Å². The topological polar surface area (TPSA) is 41.6 Å². The van der Waals surface area contributed by atoms with E-state index in [0.29, 0.717) is 4.64 Å². The molecular weight excluding hydrogens is 218 g/mol. The van der Waals surface area contributed by atoms with Gasteiger partial charge in [-0.1, -0.05) is 25.2 Å². The minimum Gasteiger partial charge on any atom is -0.342 e. The Morgan fingerprint density at radius 1 is 1.38 bits per heavy atom. The van der Waals surface area contributed by atoms with Crippen LogP contribution in [0.15, 0.2) is 30.5 Å². The molecule has 0 fully saturated rings. The van der Waals surface area contributed by atoms with E-state index >= 15 is 0 Å². The molecule has 0 aliphatic heterocycles. The number of H-pyrrole nitrogens is 1. The van der Waals surface area contributed by atoms with Gasteiger partial charge in [0, 0.05) is 18.7 Å². The number of nitrogens with zero attached hydrogens (tertiary/aromatic N) is 2. The van der Waals surface area contributed by atoms with Crippen LogP contribution in [0, 0.1) is 4.64 Å². The Bertz CT molecular complexity index is 519. The highest BCUT2D eigenvalue weighted by molar-refractivity contribution is 7.71. The monoisotopic (exact) mass is 231 g/mol. The van der Waals surface area contributed by atoms with Gasteiger partial charge in [-0.3, -0.25) is 4.98 Å². The van der Waals surface area contributed by atoms with Crippen LogP contribution in [0.25, 0.3) is 11.4 Å². The van der Waals surface area contributed by atoms with Gasteiger partial charge in [-0.25, -0.2) is 4.98 Å². The van der Waals surface area contributed by atoms with Gasteiger partial charge in [0.25, 0.3) is 0 Å². The first-order valence-corrected chi connectivity index (χ1v) is 5.72. The number of aromatic amines is 1. The highest BCUT2D eigenvalue weighted by Gasteiger charge is 2.01. The van der Waals surface area contributed by atoms with Gasteiger partial charge in [0.2, 0.25) is 0 Å². The van der Waals surface area contributed by atoms with Crippen molar-refractivity contribution in [2.24, 2.45) is 0 Å². The Hall–Kier alpha value is -1.55. The molecule has 0 atom stereocenters. The number of aryl methyl sites for hydroxylation is 1. The second-order valence-electron chi connectivity index (χ2n) is 3.54. The van der Waals surface area contributed by atoms with Gasteiger partial charge in [0.15, 0.2) is 0 Å². The third kappa shape index (κ3) is 2.52. The zero-order chi connectivity index (χ0) is 11.4. The standard InChI is InChI=1S/C12H13N3S/c1-2-5-11-14-10(8-12(16)15-11)9-6-3-4-7-13-9/h3-4,6-8H,2,5H2,1H3,(H,14,15,16). The van der Waals surface area contributed by atoms with Crippen molar-refractivity contribution in [2.45, 2.75) is 19.8 Å². The van der Waals surface area contributed by atoms with Crippen molar-refractivity contribution in [3.8, 4) is 11.4 Å². The maximum atomic E-state index is 5.14. The van der Waals surface area contributed by atoms with Crippen LogP contribution in [0.5, 0.6) is 0 Å². The molecule has 0 aromatic carbocycles. The van der Waals surface area contributed by atoms with Crippen molar-refractivity contribution in [1.82, 2.24) is 15.0 Å². The van der Waals surface area contributed by atoms with E-state index in [4.69, 9.17) is 12.2 Å². The summed E-state index contributed by atoms with van der Waals surface area (Å²) >= 11 is 5.14. The summed E-state index contributed by atoms with van der Waals surface area (Å²) in [6, 6.07) is 7.65. The molecule has 2 heterocycles. The quantitative estimate of drug-likeness (QED) is 0.825. The highest BCUT2D eigenvalue weighted by Crippen LogP contribution is 2.13. The Kier molecular flexibility index (Phi) is 3.41. The maximum Gasteiger partial charge on any atom is 0.130 e. The van der Waals surface area contributed by atoms with Gasteiger partial charge in [-0.2, -0.15) is 0 Å². The minimum absolute atomic E-state index is 0.614. The molecule has 2 aromatic heterocycles. The Morgan fingerprint density at radius 2 is 2.25 bits per heavy atom. The average Bonchev–Trinajstić information content (AvgIpc) is 2.30. The molecule has 0 aliphatic rings. The van der Waals surface area contributed by atoms with Gasteiger partial charge in [0.1, 0.15) is 10.5 Å². The van der Waals surface area contributed by atoms with E-state index < -0.39 is 0 Å². The lowest BCUT2D eigenvalue weighted by Crippen LogP contribution is -1.97. The molecule has 0 saturated heterocycles. The number of pyridine rings is 1. The molecular formula is C12H13N3S. The minimum atomic E-state index is 0.614. The Balaban J connectivity index is 2.45. The second-order valence-corrected chi connectivity index (χ2v) is 3.96. The van der Waals surface area contributed by atoms with Crippen LogP contribution >= 0.6 is 12.2 Å². The van der Waals surface area contributed by atoms with E-state index in [2.05, 4.69) is 21.9 Å². The van der Waals surface area contributed by atoms with Gasteiger partial charge in [-0.05, 0) is 18.6 Å². The SMILES string of the molecule is CCCc1nc(=S)cc(-c2ccccn2)[nH]1. The van der Waals surface area contributed by atoms with Gasteiger partial charge < -0.3 is 4.98 Å². The summed E-state index contributed by atoms with van der Waals surface area (Å²) in [5.74, 6) is 0.927. The average molecular weight is 231 g/mol. The zero-order valence-corrected chi connectivity index (χ0v) is 9.92. The molecule has 0 unspecified atom stereocenters. The molecule has 0 bridgehead atoms. The smallest absolute Gasteiger partial charge is 0.130 e. The van der Waals surface area contributed by atoms with E-state index in [1.807, 2.05) is 24.3 Å². The van der Waals surface area contributed by atoms with Crippen molar-refractivity contribution >= 4 is 12.2 Å². The molecule has 82 valence electrons. The number of hydrogen-bond donors (Lipinski definition) is 1. The molecule has 16 heavy (non-hydrogen) atoms. The molecule has 0 aliphatic carbocycles. The van der Waals surface area contributed by atoms with Crippen molar-refractivity contribution in [2.75, 3.05) is 0 Å². The molecule has 3 nitrogen and oxygen atoms in total. The predicted octanol–water partition coefficient (Wildman–Crippen LogP) is 3.15. The van der Waals surface area contributed by atoms with E-state index in [0.717, 1.165) is 30.1 Å². The fraction of sp³-hybridized carbons (Fsp3) is 0.250. The largest absolute Gasteiger partial charge is 0.342 e. The van der Waals surface area contributed by atoms with Crippen molar-refractivity contribution in [3.63, 3.8) is 0 Å². The Labute approximate surface area is 99.6 Å². The molecule has 0 radical (unpaired) electrons. The predicted molar refractivity (Wildman–Crippen MR) is 66.6 cm³/mol. The first-order valence-electron chi connectivity index (χ1n) is 5.31. The first-order chi connectivity index (χ1) is 7.79. The molecule has 4 heteroatoms. The molecule has 0 spiro atoms. The lowest BCUT2D eigenvalue weighted by molar-refractivity contribution is 0.832. The van der Waals surface area contributed by atoms with Crippen LogP contribution in [0.1, 0.15) is 19.2 Å². The lowest BCUT2D eigenvalue weighted by Gasteiger charge is -2.04. The van der Waals surface area contributed by atoms with Crippen LogP contribution in [0.2, 0.25) is 0 Å². The molecule has 0 amide bonds. The maximum absolute atomic E-state index is 5.14. The summed E-state index contributed by atoms with van der Waals surface area (Å²) in [5.41, 5.74) is 1.83. The number of hydrogen-bond acceptors (Lipinski definition) is 3. The fourth-order valence-corrected chi connectivity index (χ4v) is 1.75. The highest BCUT2D eigenvalue weighted by atomic mass is 32.1. The zero-order valence-electron chi connectivity index (χ0n) is 9.10. The van der Waals surface area contributed by atoms with Crippen LogP contribution < -0.4 is 0 Å². The van der Waals surface area contributed by atoms with E-state index in [9.17, 15) is 0 Å². The van der Waals surface area contributed by atoms with Crippen LogP contribution in [0.4, 0.5) is 0 Å². The summed E-state index contributed by atoms with van der Waals surface area (Å²) in [6.45, 7) is 2.12. The first kappa shape index (κ1) is 11.0. The normalized spacial score (nSPS) is 10.3. The lowest BCUT2D eigenvalue weighted by atomic mass is 10.2. The van der Waals surface area contributed by atoms with Crippen molar-refractivity contribution < 1.29 is 0 Å². The van der Waals surface area contributed by atoms with Gasteiger partial charge in [0.05, 0.1) is 11.4 Å². The van der Waals surface area contributed by atoms with E-state index in [-0.39, 0.29) is 0 Å². The van der Waals surface area contributed by atoms with Crippen molar-refractivity contribution in [3.05, 3.63) is 40.9 Å². The molecule has 2 rings (SSSR count). The molecule has 0 saturated carbocycles. The van der Waals surface area contributed by atoms with Crippen LogP contribution in [-0.4, -0.2) is 15.0 Å². The van der Waals surface area contributed by atoms with Crippen molar-refractivity contribution in [1.29, 1.82) is 0 Å². The summed E-state index contributed by atoms with van der Waals surface area (Å²) in [6.07, 6.45) is 3.72. The van der Waals surface area contributed by atoms with E-state index in [1.54, 1.807) is 6.20 Å². The summed E-state index contributed by atoms with van der Waals surface area (Å²) in [7, 11) is 0. The summed E-state index contributed by atoms with van der Waals surface area (Å²) < 4.78 is 0.614. The fourth-order valence-electron chi connectivity index (χ4n) is 1.52. The number of rotatable bonds is 3. The third-order valence-electron chi connectivity index (χ3n) is 2.22. The third-order valence-corrected chi connectivity index (χ3v) is 2.43. The number of nitrogens with one attached hydrogen (secondary N) is 1.